The van der Waals surface area contributed by atoms with E-state index in [4.69, 9.17) is 0 Å². The van der Waals surface area contributed by atoms with Crippen molar-refractivity contribution in [2.75, 3.05) is 13.1 Å². The molecule has 104 valence electrons. The molecule has 1 aliphatic heterocycles. The van der Waals surface area contributed by atoms with Crippen LogP contribution in [0.2, 0.25) is 0 Å². The highest BCUT2D eigenvalue weighted by Crippen LogP contribution is 2.27. The Bertz CT molecular complexity index is 488. The maximum Gasteiger partial charge on any atom is 0.246 e. The van der Waals surface area contributed by atoms with Crippen molar-refractivity contribution in [3.8, 4) is 0 Å². The van der Waals surface area contributed by atoms with Crippen LogP contribution in [0.1, 0.15) is 37.1 Å². The van der Waals surface area contributed by atoms with Gasteiger partial charge in [-0.1, -0.05) is 20.8 Å². The molecule has 0 bridgehead atoms. The number of carbonyl (C=O) groups excluding carboxylic acids is 1. The summed E-state index contributed by atoms with van der Waals surface area (Å²) in [6.45, 7) is 7.45. The van der Waals surface area contributed by atoms with Crippen LogP contribution in [0.5, 0.6) is 0 Å². The van der Waals surface area contributed by atoms with Crippen molar-refractivity contribution >= 4 is 23.3 Å². The summed E-state index contributed by atoms with van der Waals surface area (Å²) in [6.07, 6.45) is 5.48. The molecule has 1 N–H and O–H groups in total. The number of thiazole rings is 1. The minimum atomic E-state index is -0.367. The number of nitrogens with zero attached hydrogens (tertiary/aromatic N) is 2. The third kappa shape index (κ3) is 3.64. The fourth-order valence-corrected chi connectivity index (χ4v) is 2.79. The van der Waals surface area contributed by atoms with Gasteiger partial charge in [-0.3, -0.25) is 4.79 Å². The number of aliphatic hydroxyl groups is 1. The van der Waals surface area contributed by atoms with Gasteiger partial charge in [0.25, 0.3) is 0 Å². The molecule has 1 aliphatic rings. The lowest BCUT2D eigenvalue weighted by Crippen LogP contribution is -2.27. The molecule has 1 aromatic rings. The summed E-state index contributed by atoms with van der Waals surface area (Å²) >= 11 is 1.61. The minimum Gasteiger partial charge on any atom is -0.391 e. The summed E-state index contributed by atoms with van der Waals surface area (Å²) in [5.41, 5.74) is 0.0415. The quantitative estimate of drug-likeness (QED) is 0.844. The second-order valence-corrected chi connectivity index (χ2v) is 6.94. The van der Waals surface area contributed by atoms with E-state index in [9.17, 15) is 9.90 Å². The van der Waals surface area contributed by atoms with Gasteiger partial charge in [0.2, 0.25) is 5.91 Å². The molecule has 1 amide bonds. The fourth-order valence-electron chi connectivity index (χ4n) is 1.91. The van der Waals surface area contributed by atoms with E-state index in [1.54, 1.807) is 34.6 Å². The molecular formula is C14H20N2O2S. The molecule has 0 unspecified atom stereocenters. The monoisotopic (exact) mass is 280 g/mol. The lowest BCUT2D eigenvalue weighted by molar-refractivity contribution is -0.125. The van der Waals surface area contributed by atoms with E-state index < -0.39 is 0 Å². The molecule has 0 saturated carbocycles. The van der Waals surface area contributed by atoms with Gasteiger partial charge in [0.05, 0.1) is 11.1 Å². The molecule has 2 rings (SSSR count). The molecule has 2 heterocycles. The highest BCUT2D eigenvalue weighted by Gasteiger charge is 2.23. The topological polar surface area (TPSA) is 53.4 Å². The first-order chi connectivity index (χ1) is 8.86. The third-order valence-electron chi connectivity index (χ3n) is 3.03. The summed E-state index contributed by atoms with van der Waals surface area (Å²) < 4.78 is 0. The smallest absolute Gasteiger partial charge is 0.246 e. The molecule has 0 aromatic carbocycles. The zero-order valence-corrected chi connectivity index (χ0v) is 12.4. The van der Waals surface area contributed by atoms with Crippen LogP contribution in [0, 0.1) is 0 Å². The number of rotatable bonds is 2. The summed E-state index contributed by atoms with van der Waals surface area (Å²) in [7, 11) is 0. The molecule has 0 spiro atoms. The molecular weight excluding hydrogens is 260 g/mol. The summed E-state index contributed by atoms with van der Waals surface area (Å²) in [4.78, 5) is 18.9. The first kappa shape index (κ1) is 14.2. The van der Waals surface area contributed by atoms with Crippen molar-refractivity contribution in [2.24, 2.45) is 0 Å². The van der Waals surface area contributed by atoms with E-state index in [2.05, 4.69) is 25.8 Å². The number of hydrogen-bond donors (Lipinski definition) is 1. The van der Waals surface area contributed by atoms with Crippen molar-refractivity contribution in [1.29, 1.82) is 0 Å². The van der Waals surface area contributed by atoms with Crippen molar-refractivity contribution in [2.45, 2.75) is 38.7 Å². The van der Waals surface area contributed by atoms with Gasteiger partial charge < -0.3 is 10.0 Å². The largest absolute Gasteiger partial charge is 0.391 e. The normalized spacial score (nSPS) is 20.4. The number of aliphatic hydroxyl groups excluding tert-OH is 1. The Morgan fingerprint density at radius 1 is 1.58 bits per heavy atom. The first-order valence-electron chi connectivity index (χ1n) is 6.47. The highest BCUT2D eigenvalue weighted by molar-refractivity contribution is 7.12. The molecule has 0 aliphatic carbocycles. The molecule has 1 aromatic heterocycles. The lowest BCUT2D eigenvalue weighted by Gasteiger charge is -2.13. The molecule has 1 fully saturated rings. The summed E-state index contributed by atoms with van der Waals surface area (Å²) in [5, 5.41) is 10.5. The van der Waals surface area contributed by atoms with Crippen LogP contribution in [0.4, 0.5) is 0 Å². The van der Waals surface area contributed by atoms with E-state index in [1.807, 2.05) is 0 Å². The number of hydrogen-bond acceptors (Lipinski definition) is 4. The Hall–Kier alpha value is -1.20. The van der Waals surface area contributed by atoms with Gasteiger partial charge in [0.1, 0.15) is 0 Å². The maximum absolute atomic E-state index is 11.9. The number of amides is 1. The van der Waals surface area contributed by atoms with Crippen LogP contribution in [-0.2, 0) is 10.2 Å². The number of carbonyl (C=O) groups is 1. The Morgan fingerprint density at radius 3 is 2.84 bits per heavy atom. The standard InChI is InChI=1S/C14H20N2O2S/c1-14(2,3)13-15-8-11(19-13)4-5-12(18)16-7-6-10(17)9-16/h4-5,8,10,17H,6-7,9H2,1-3H3/t10-/m1/s1. The Kier molecular flexibility index (Phi) is 4.06. The van der Waals surface area contributed by atoms with Gasteiger partial charge in [-0.15, -0.1) is 11.3 Å². The highest BCUT2D eigenvalue weighted by atomic mass is 32.1. The number of aromatic nitrogens is 1. The van der Waals surface area contributed by atoms with Gasteiger partial charge in [0, 0.05) is 35.7 Å². The Morgan fingerprint density at radius 2 is 2.32 bits per heavy atom. The number of likely N-dealkylation sites (tertiary alicyclic amines) is 1. The van der Waals surface area contributed by atoms with E-state index in [1.165, 1.54) is 0 Å². The molecule has 0 radical (unpaired) electrons. The van der Waals surface area contributed by atoms with Crippen LogP contribution in [-0.4, -0.2) is 40.1 Å². The van der Waals surface area contributed by atoms with E-state index >= 15 is 0 Å². The van der Waals surface area contributed by atoms with Crippen LogP contribution in [0.15, 0.2) is 12.3 Å². The predicted octanol–water partition coefficient (Wildman–Crippen LogP) is 2.05. The van der Waals surface area contributed by atoms with Gasteiger partial charge in [0.15, 0.2) is 0 Å². The van der Waals surface area contributed by atoms with E-state index in [0.717, 1.165) is 9.88 Å². The summed E-state index contributed by atoms with van der Waals surface area (Å²) in [5.74, 6) is -0.0396. The van der Waals surface area contributed by atoms with Gasteiger partial charge in [-0.05, 0) is 12.5 Å². The van der Waals surface area contributed by atoms with Crippen molar-refractivity contribution < 1.29 is 9.90 Å². The molecule has 1 saturated heterocycles. The second kappa shape index (κ2) is 5.43. The second-order valence-electron chi connectivity index (χ2n) is 5.88. The SMILES string of the molecule is CC(C)(C)c1ncc(C=CC(=O)N2CC[C@@H](O)C2)s1. The Balaban J connectivity index is 1.99. The van der Waals surface area contributed by atoms with Gasteiger partial charge in [-0.2, -0.15) is 0 Å². The fraction of sp³-hybridized carbons (Fsp3) is 0.571. The van der Waals surface area contributed by atoms with Gasteiger partial charge in [-0.25, -0.2) is 4.98 Å². The first-order valence-corrected chi connectivity index (χ1v) is 7.29. The lowest BCUT2D eigenvalue weighted by atomic mass is 9.98. The third-order valence-corrected chi connectivity index (χ3v) is 4.42. The van der Waals surface area contributed by atoms with Crippen LogP contribution >= 0.6 is 11.3 Å². The van der Waals surface area contributed by atoms with E-state index in [0.29, 0.717) is 19.5 Å². The van der Waals surface area contributed by atoms with Crippen LogP contribution < -0.4 is 0 Å². The Labute approximate surface area is 117 Å². The van der Waals surface area contributed by atoms with Crippen molar-refractivity contribution in [1.82, 2.24) is 9.88 Å². The molecule has 1 atom stereocenters. The maximum atomic E-state index is 11.9. The molecule has 4 nitrogen and oxygen atoms in total. The van der Waals surface area contributed by atoms with Crippen LogP contribution in [0.3, 0.4) is 0 Å². The number of β-amino-alcohol motifs (C(OH)–C–C–N with tert-alkyl or cyclic N) is 1. The predicted molar refractivity (Wildman–Crippen MR) is 77.1 cm³/mol. The van der Waals surface area contributed by atoms with Gasteiger partial charge >= 0.3 is 0 Å². The van der Waals surface area contributed by atoms with Crippen molar-refractivity contribution in [3.05, 3.63) is 22.2 Å². The average molecular weight is 280 g/mol. The zero-order valence-electron chi connectivity index (χ0n) is 11.6. The van der Waals surface area contributed by atoms with E-state index in [-0.39, 0.29) is 17.4 Å². The van der Waals surface area contributed by atoms with Crippen molar-refractivity contribution in [3.63, 3.8) is 0 Å². The minimum absolute atomic E-state index is 0.0396. The zero-order chi connectivity index (χ0) is 14.0. The summed E-state index contributed by atoms with van der Waals surface area (Å²) in [6, 6.07) is 0. The average Bonchev–Trinajstić information content (AvgIpc) is 2.93. The molecule has 19 heavy (non-hydrogen) atoms. The van der Waals surface area contributed by atoms with Crippen LogP contribution in [0.25, 0.3) is 6.08 Å². The molecule has 5 heteroatoms.